The minimum absolute atomic E-state index is 0.101. The van der Waals surface area contributed by atoms with Crippen LogP contribution in [0.5, 0.6) is 5.75 Å². The fourth-order valence-electron chi connectivity index (χ4n) is 1.84. The molecule has 0 spiro atoms. The predicted molar refractivity (Wildman–Crippen MR) is 62.6 cm³/mol. The molecule has 1 aromatic rings. The standard InChI is InChI=1S/C12H16N2O2/c1-7(15)14-11-5-8(9-6-10(9)13)3-4-12(11)16-2/h3-5,9-10H,6,13H2,1-2H3,(H,14,15). The highest BCUT2D eigenvalue weighted by Crippen LogP contribution is 2.41. The lowest BCUT2D eigenvalue weighted by molar-refractivity contribution is -0.114. The lowest BCUT2D eigenvalue weighted by Crippen LogP contribution is -2.08. The Morgan fingerprint density at radius 3 is 2.75 bits per heavy atom. The molecule has 0 aromatic heterocycles. The fourth-order valence-corrected chi connectivity index (χ4v) is 1.84. The van der Waals surface area contributed by atoms with E-state index in [4.69, 9.17) is 10.5 Å². The van der Waals surface area contributed by atoms with E-state index in [0.717, 1.165) is 12.0 Å². The van der Waals surface area contributed by atoms with Gasteiger partial charge in [-0.25, -0.2) is 0 Å². The van der Waals surface area contributed by atoms with Crippen molar-refractivity contribution in [3.8, 4) is 5.75 Å². The maximum Gasteiger partial charge on any atom is 0.221 e. The summed E-state index contributed by atoms with van der Waals surface area (Å²) < 4.78 is 5.18. The Labute approximate surface area is 94.8 Å². The first-order valence-corrected chi connectivity index (χ1v) is 5.33. The second kappa shape index (κ2) is 4.14. The van der Waals surface area contributed by atoms with Gasteiger partial charge in [-0.3, -0.25) is 4.79 Å². The smallest absolute Gasteiger partial charge is 0.221 e. The summed E-state index contributed by atoms with van der Waals surface area (Å²) in [6.07, 6.45) is 1.02. The maximum atomic E-state index is 11.1. The van der Waals surface area contributed by atoms with Crippen LogP contribution in [0.1, 0.15) is 24.8 Å². The molecule has 0 saturated heterocycles. The Bertz CT molecular complexity index is 417. The second-order valence-electron chi connectivity index (χ2n) is 4.15. The molecule has 1 aliphatic carbocycles. The molecular formula is C12H16N2O2. The van der Waals surface area contributed by atoms with E-state index in [2.05, 4.69) is 5.32 Å². The highest BCUT2D eigenvalue weighted by atomic mass is 16.5. The SMILES string of the molecule is COc1ccc(C2CC2N)cc1NC(C)=O. The summed E-state index contributed by atoms with van der Waals surface area (Å²) >= 11 is 0. The van der Waals surface area contributed by atoms with Crippen molar-refractivity contribution in [3.63, 3.8) is 0 Å². The van der Waals surface area contributed by atoms with Gasteiger partial charge in [0.15, 0.2) is 0 Å². The van der Waals surface area contributed by atoms with E-state index in [1.54, 1.807) is 7.11 Å². The van der Waals surface area contributed by atoms with Crippen LogP contribution in [0.2, 0.25) is 0 Å². The van der Waals surface area contributed by atoms with Gasteiger partial charge in [-0.2, -0.15) is 0 Å². The number of anilines is 1. The molecule has 0 radical (unpaired) electrons. The van der Waals surface area contributed by atoms with Crippen molar-refractivity contribution < 1.29 is 9.53 Å². The molecule has 0 bridgehead atoms. The zero-order valence-corrected chi connectivity index (χ0v) is 9.49. The number of hydrogen-bond donors (Lipinski definition) is 2. The van der Waals surface area contributed by atoms with Gasteiger partial charge in [-0.15, -0.1) is 0 Å². The van der Waals surface area contributed by atoms with Gasteiger partial charge in [-0.05, 0) is 24.1 Å². The molecule has 16 heavy (non-hydrogen) atoms. The van der Waals surface area contributed by atoms with Crippen molar-refractivity contribution in [2.24, 2.45) is 5.73 Å². The summed E-state index contributed by atoms with van der Waals surface area (Å²) in [4.78, 5) is 11.1. The number of nitrogens with two attached hydrogens (primary N) is 1. The van der Waals surface area contributed by atoms with Crippen LogP contribution in [0.15, 0.2) is 18.2 Å². The van der Waals surface area contributed by atoms with E-state index in [-0.39, 0.29) is 11.9 Å². The molecular weight excluding hydrogens is 204 g/mol. The van der Waals surface area contributed by atoms with Crippen LogP contribution in [0.4, 0.5) is 5.69 Å². The molecule has 1 aliphatic rings. The average molecular weight is 220 g/mol. The molecule has 4 heteroatoms. The monoisotopic (exact) mass is 220 g/mol. The van der Waals surface area contributed by atoms with Crippen molar-refractivity contribution >= 4 is 11.6 Å². The van der Waals surface area contributed by atoms with E-state index in [1.165, 1.54) is 6.92 Å². The topological polar surface area (TPSA) is 64.3 Å². The molecule has 1 amide bonds. The van der Waals surface area contributed by atoms with E-state index >= 15 is 0 Å². The molecule has 2 rings (SSSR count). The van der Waals surface area contributed by atoms with E-state index in [0.29, 0.717) is 17.4 Å². The number of methoxy groups -OCH3 is 1. The number of carbonyl (C=O) groups excluding carboxylic acids is 1. The molecule has 3 N–H and O–H groups in total. The van der Waals surface area contributed by atoms with E-state index in [1.807, 2.05) is 18.2 Å². The Morgan fingerprint density at radius 1 is 1.56 bits per heavy atom. The number of ether oxygens (including phenoxy) is 1. The molecule has 1 fully saturated rings. The minimum atomic E-state index is -0.101. The van der Waals surface area contributed by atoms with Crippen LogP contribution in [0, 0.1) is 0 Å². The van der Waals surface area contributed by atoms with Gasteiger partial charge in [0.1, 0.15) is 5.75 Å². The molecule has 86 valence electrons. The number of carbonyl (C=O) groups is 1. The van der Waals surface area contributed by atoms with E-state index in [9.17, 15) is 4.79 Å². The fraction of sp³-hybridized carbons (Fsp3) is 0.417. The third-order valence-corrected chi connectivity index (χ3v) is 2.80. The van der Waals surface area contributed by atoms with Crippen LogP contribution in [-0.2, 0) is 4.79 Å². The lowest BCUT2D eigenvalue weighted by atomic mass is 10.1. The van der Waals surface area contributed by atoms with Crippen molar-refractivity contribution in [1.82, 2.24) is 0 Å². The maximum absolute atomic E-state index is 11.1. The zero-order chi connectivity index (χ0) is 11.7. The Kier molecular flexibility index (Phi) is 2.83. The zero-order valence-electron chi connectivity index (χ0n) is 9.49. The van der Waals surface area contributed by atoms with Gasteiger partial charge in [-0.1, -0.05) is 6.07 Å². The largest absolute Gasteiger partial charge is 0.495 e. The van der Waals surface area contributed by atoms with Crippen molar-refractivity contribution in [2.45, 2.75) is 25.3 Å². The summed E-state index contributed by atoms with van der Waals surface area (Å²) in [5.41, 5.74) is 7.68. The summed E-state index contributed by atoms with van der Waals surface area (Å²) in [6, 6.07) is 6.07. The number of hydrogen-bond acceptors (Lipinski definition) is 3. The Morgan fingerprint density at radius 2 is 2.25 bits per heavy atom. The first kappa shape index (κ1) is 11.0. The van der Waals surface area contributed by atoms with Crippen molar-refractivity contribution in [1.29, 1.82) is 0 Å². The Hall–Kier alpha value is -1.55. The molecule has 1 saturated carbocycles. The number of benzene rings is 1. The van der Waals surface area contributed by atoms with Gasteiger partial charge >= 0.3 is 0 Å². The number of nitrogens with one attached hydrogen (secondary N) is 1. The molecule has 2 atom stereocenters. The quantitative estimate of drug-likeness (QED) is 0.810. The summed E-state index contributed by atoms with van der Waals surface area (Å²) in [6.45, 7) is 1.48. The van der Waals surface area contributed by atoms with Gasteiger partial charge in [0.25, 0.3) is 0 Å². The summed E-state index contributed by atoms with van der Waals surface area (Å²) in [7, 11) is 1.59. The average Bonchev–Trinajstić information content (AvgIpc) is 2.94. The number of amides is 1. The van der Waals surface area contributed by atoms with Crippen LogP contribution < -0.4 is 15.8 Å². The molecule has 0 heterocycles. The van der Waals surface area contributed by atoms with Crippen molar-refractivity contribution in [3.05, 3.63) is 23.8 Å². The summed E-state index contributed by atoms with van der Waals surface area (Å²) in [5, 5.41) is 2.76. The van der Waals surface area contributed by atoms with Crippen LogP contribution in [0.3, 0.4) is 0 Å². The van der Waals surface area contributed by atoms with Crippen LogP contribution >= 0.6 is 0 Å². The first-order chi connectivity index (χ1) is 7.61. The number of rotatable bonds is 3. The third kappa shape index (κ3) is 2.17. The van der Waals surface area contributed by atoms with Crippen LogP contribution in [-0.4, -0.2) is 19.1 Å². The third-order valence-electron chi connectivity index (χ3n) is 2.80. The molecule has 2 unspecified atom stereocenters. The van der Waals surface area contributed by atoms with Gasteiger partial charge in [0.2, 0.25) is 5.91 Å². The van der Waals surface area contributed by atoms with Crippen molar-refractivity contribution in [2.75, 3.05) is 12.4 Å². The van der Waals surface area contributed by atoms with Gasteiger partial charge < -0.3 is 15.8 Å². The highest BCUT2D eigenvalue weighted by Gasteiger charge is 2.35. The summed E-state index contributed by atoms with van der Waals surface area (Å²) in [5.74, 6) is 1.00. The van der Waals surface area contributed by atoms with Crippen LogP contribution in [0.25, 0.3) is 0 Å². The van der Waals surface area contributed by atoms with E-state index < -0.39 is 0 Å². The second-order valence-corrected chi connectivity index (χ2v) is 4.15. The first-order valence-electron chi connectivity index (χ1n) is 5.33. The minimum Gasteiger partial charge on any atom is -0.495 e. The molecule has 4 nitrogen and oxygen atoms in total. The van der Waals surface area contributed by atoms with Gasteiger partial charge in [0.05, 0.1) is 12.8 Å². The predicted octanol–water partition coefficient (Wildman–Crippen LogP) is 1.47. The highest BCUT2D eigenvalue weighted by molar-refractivity contribution is 5.90. The molecule has 1 aromatic carbocycles. The Balaban J connectivity index is 2.27. The lowest BCUT2D eigenvalue weighted by Gasteiger charge is -2.10. The normalized spacial score (nSPS) is 22.7. The molecule has 0 aliphatic heterocycles. The van der Waals surface area contributed by atoms with Gasteiger partial charge in [0, 0.05) is 18.9 Å².